The first kappa shape index (κ1) is 10.6. The minimum atomic E-state index is -0.245. The molecule has 2 aliphatic rings. The second-order valence-electron chi connectivity index (χ2n) is 4.55. The maximum atomic E-state index is 11.9. The van der Waals surface area contributed by atoms with E-state index in [-0.39, 0.29) is 6.09 Å². The molecule has 0 aromatic heterocycles. The predicted octanol–water partition coefficient (Wildman–Crippen LogP) is 2.40. The van der Waals surface area contributed by atoms with Gasteiger partial charge in [-0.2, -0.15) is 0 Å². The van der Waals surface area contributed by atoms with Gasteiger partial charge >= 0.3 is 6.09 Å². The highest BCUT2D eigenvalue weighted by atomic mass is 16.6. The lowest BCUT2D eigenvalue weighted by molar-refractivity contribution is -0.0322. The normalized spacial score (nSPS) is 20.9. The van der Waals surface area contributed by atoms with Crippen LogP contribution in [-0.2, 0) is 6.54 Å². The van der Waals surface area contributed by atoms with Crippen LogP contribution in [-0.4, -0.2) is 29.2 Å². The third-order valence-electron chi connectivity index (χ3n) is 3.37. The molecule has 0 spiro atoms. The number of piperidine rings is 1. The fraction of sp³-hybridized carbons (Fsp3) is 0.462. The number of nitrogens with zero attached hydrogens (tertiary/aromatic N) is 2. The van der Waals surface area contributed by atoms with Crippen molar-refractivity contribution < 1.29 is 9.53 Å². The van der Waals surface area contributed by atoms with Gasteiger partial charge in [0.1, 0.15) is 5.75 Å². The van der Waals surface area contributed by atoms with E-state index in [1.54, 1.807) is 5.01 Å². The van der Waals surface area contributed by atoms with Gasteiger partial charge in [-0.25, -0.2) is 14.8 Å². The molecule has 2 heterocycles. The topological polar surface area (TPSA) is 32.8 Å². The van der Waals surface area contributed by atoms with Crippen molar-refractivity contribution in [1.82, 2.24) is 10.0 Å². The van der Waals surface area contributed by atoms with Gasteiger partial charge in [0.05, 0.1) is 6.54 Å². The molecule has 0 atom stereocenters. The minimum absolute atomic E-state index is 0.245. The van der Waals surface area contributed by atoms with Crippen LogP contribution in [0.1, 0.15) is 24.8 Å². The fourth-order valence-corrected chi connectivity index (χ4v) is 2.44. The molecule has 3 rings (SSSR count). The van der Waals surface area contributed by atoms with Crippen LogP contribution in [0.5, 0.6) is 5.75 Å². The number of benzene rings is 1. The SMILES string of the molecule is O=C1Oc2ccccc2CN1N1CCCCC1. The van der Waals surface area contributed by atoms with Crippen molar-refractivity contribution in [3.05, 3.63) is 29.8 Å². The summed E-state index contributed by atoms with van der Waals surface area (Å²) in [6, 6.07) is 7.73. The summed E-state index contributed by atoms with van der Waals surface area (Å²) in [5.74, 6) is 0.700. The number of hydrogen-bond donors (Lipinski definition) is 0. The molecule has 0 radical (unpaired) electrons. The Kier molecular flexibility index (Phi) is 2.73. The monoisotopic (exact) mass is 232 g/mol. The maximum Gasteiger partial charge on any atom is 0.430 e. The Morgan fingerprint density at radius 1 is 1.06 bits per heavy atom. The van der Waals surface area contributed by atoms with Crippen LogP contribution < -0.4 is 4.74 Å². The van der Waals surface area contributed by atoms with Crippen LogP contribution in [0.4, 0.5) is 4.79 Å². The lowest BCUT2D eigenvalue weighted by atomic mass is 10.1. The van der Waals surface area contributed by atoms with Crippen molar-refractivity contribution in [3.63, 3.8) is 0 Å². The number of para-hydroxylation sites is 1. The second kappa shape index (κ2) is 4.37. The molecule has 1 fully saturated rings. The standard InChI is InChI=1S/C13H16N2O2/c16-13-15(14-8-4-1-5-9-14)10-11-6-2-3-7-12(11)17-13/h2-3,6-7H,1,4-5,8-10H2. The van der Waals surface area contributed by atoms with E-state index >= 15 is 0 Å². The fourth-order valence-electron chi connectivity index (χ4n) is 2.44. The Bertz CT molecular complexity index is 427. The summed E-state index contributed by atoms with van der Waals surface area (Å²) in [6.07, 6.45) is 3.33. The average molecular weight is 232 g/mol. The Morgan fingerprint density at radius 2 is 1.82 bits per heavy atom. The first-order valence-electron chi connectivity index (χ1n) is 6.17. The van der Waals surface area contributed by atoms with Crippen molar-refractivity contribution in [2.24, 2.45) is 0 Å². The molecular formula is C13H16N2O2. The number of hydrogen-bond acceptors (Lipinski definition) is 3. The number of ether oxygens (including phenoxy) is 1. The molecule has 1 amide bonds. The van der Waals surface area contributed by atoms with Crippen LogP contribution in [0.3, 0.4) is 0 Å². The third-order valence-corrected chi connectivity index (χ3v) is 3.37. The van der Waals surface area contributed by atoms with Gasteiger partial charge < -0.3 is 4.74 Å². The van der Waals surface area contributed by atoms with Gasteiger partial charge in [-0.15, -0.1) is 0 Å². The summed E-state index contributed by atoms with van der Waals surface area (Å²) in [5.41, 5.74) is 1.08. The van der Waals surface area contributed by atoms with Gasteiger partial charge in [0, 0.05) is 18.7 Å². The highest BCUT2D eigenvalue weighted by Crippen LogP contribution is 2.27. The van der Waals surface area contributed by atoms with Gasteiger partial charge in [-0.05, 0) is 18.9 Å². The number of amides is 1. The maximum absolute atomic E-state index is 11.9. The highest BCUT2D eigenvalue weighted by molar-refractivity contribution is 5.72. The van der Waals surface area contributed by atoms with Gasteiger partial charge in [0.25, 0.3) is 0 Å². The zero-order valence-electron chi connectivity index (χ0n) is 9.76. The lowest BCUT2D eigenvalue weighted by Gasteiger charge is -2.38. The summed E-state index contributed by atoms with van der Waals surface area (Å²) < 4.78 is 5.34. The molecule has 1 aromatic carbocycles. The van der Waals surface area contributed by atoms with Crippen molar-refractivity contribution in [1.29, 1.82) is 0 Å². The van der Waals surface area contributed by atoms with Crippen molar-refractivity contribution >= 4 is 6.09 Å². The summed E-state index contributed by atoms with van der Waals surface area (Å²) in [7, 11) is 0. The Hall–Kier alpha value is -1.55. The molecule has 1 saturated heterocycles. The Balaban J connectivity index is 1.81. The van der Waals surface area contributed by atoms with E-state index in [4.69, 9.17) is 4.74 Å². The smallest absolute Gasteiger partial charge is 0.409 e. The molecule has 4 heteroatoms. The van der Waals surface area contributed by atoms with Crippen molar-refractivity contribution in [2.45, 2.75) is 25.8 Å². The van der Waals surface area contributed by atoms with Crippen LogP contribution >= 0.6 is 0 Å². The van der Waals surface area contributed by atoms with Crippen LogP contribution in [0.2, 0.25) is 0 Å². The minimum Gasteiger partial charge on any atom is -0.409 e. The van der Waals surface area contributed by atoms with E-state index in [0.29, 0.717) is 12.3 Å². The molecule has 0 bridgehead atoms. The second-order valence-corrected chi connectivity index (χ2v) is 4.55. The van der Waals surface area contributed by atoms with Crippen molar-refractivity contribution in [3.8, 4) is 5.75 Å². The Labute approximate surface area is 101 Å². The molecule has 0 aliphatic carbocycles. The quantitative estimate of drug-likeness (QED) is 0.745. The summed E-state index contributed by atoms with van der Waals surface area (Å²) in [6.45, 7) is 2.55. The van der Waals surface area contributed by atoms with Crippen LogP contribution in [0.15, 0.2) is 24.3 Å². The number of carbonyl (C=O) groups is 1. The van der Waals surface area contributed by atoms with Crippen LogP contribution in [0.25, 0.3) is 0 Å². The zero-order valence-corrected chi connectivity index (χ0v) is 9.76. The molecule has 17 heavy (non-hydrogen) atoms. The molecule has 4 nitrogen and oxygen atoms in total. The Morgan fingerprint density at radius 3 is 2.65 bits per heavy atom. The lowest BCUT2D eigenvalue weighted by Crippen LogP contribution is -2.51. The third kappa shape index (κ3) is 2.00. The molecular weight excluding hydrogens is 216 g/mol. The van der Waals surface area contributed by atoms with Crippen molar-refractivity contribution in [2.75, 3.05) is 13.1 Å². The molecule has 0 unspecified atom stereocenters. The van der Waals surface area contributed by atoms with Gasteiger partial charge in [0.2, 0.25) is 0 Å². The number of rotatable bonds is 1. The molecule has 1 aromatic rings. The number of fused-ring (bicyclic) bond motifs is 1. The van der Waals surface area contributed by atoms with Gasteiger partial charge in [-0.1, -0.05) is 24.6 Å². The average Bonchev–Trinajstić information content (AvgIpc) is 2.39. The van der Waals surface area contributed by atoms with E-state index in [0.717, 1.165) is 31.5 Å². The van der Waals surface area contributed by atoms with E-state index < -0.39 is 0 Å². The molecule has 2 aliphatic heterocycles. The van der Waals surface area contributed by atoms with Gasteiger partial charge in [0.15, 0.2) is 0 Å². The predicted molar refractivity (Wildman–Crippen MR) is 63.4 cm³/mol. The van der Waals surface area contributed by atoms with Gasteiger partial charge in [-0.3, -0.25) is 0 Å². The van der Waals surface area contributed by atoms with Crippen LogP contribution in [0, 0.1) is 0 Å². The summed E-state index contributed by atoms with van der Waals surface area (Å²) in [4.78, 5) is 11.9. The summed E-state index contributed by atoms with van der Waals surface area (Å²) in [5, 5.41) is 3.85. The number of hydrazine groups is 1. The largest absolute Gasteiger partial charge is 0.430 e. The first-order valence-corrected chi connectivity index (χ1v) is 6.17. The van der Waals surface area contributed by atoms with E-state index in [1.165, 1.54) is 6.42 Å². The molecule has 0 saturated carbocycles. The van der Waals surface area contributed by atoms with E-state index in [1.807, 2.05) is 24.3 Å². The molecule has 0 N–H and O–H groups in total. The summed E-state index contributed by atoms with van der Waals surface area (Å²) >= 11 is 0. The molecule has 90 valence electrons. The zero-order chi connectivity index (χ0) is 11.7. The highest BCUT2D eigenvalue weighted by Gasteiger charge is 2.29. The van der Waals surface area contributed by atoms with E-state index in [2.05, 4.69) is 5.01 Å². The number of carbonyl (C=O) groups excluding carboxylic acids is 1. The first-order chi connectivity index (χ1) is 8.34. The van der Waals surface area contributed by atoms with E-state index in [9.17, 15) is 4.79 Å².